The van der Waals surface area contributed by atoms with Gasteiger partial charge in [0.2, 0.25) is 5.91 Å². The van der Waals surface area contributed by atoms with Gasteiger partial charge in [0.05, 0.1) is 5.03 Å². The normalized spacial score (nSPS) is 10.8. The molecular weight excluding hydrogens is 176 g/mol. The van der Waals surface area contributed by atoms with Crippen LogP contribution in [0.1, 0.15) is 13.8 Å². The van der Waals surface area contributed by atoms with Crippen LogP contribution in [-0.4, -0.2) is 11.1 Å². The van der Waals surface area contributed by atoms with E-state index in [9.17, 15) is 4.79 Å². The number of thioether (sulfide) groups is 1. The Kier molecular flexibility index (Phi) is 5.23. The lowest BCUT2D eigenvalue weighted by molar-refractivity contribution is -0.118. The smallest absolute Gasteiger partial charge is 0.221 e. The first-order valence-corrected chi connectivity index (χ1v) is 4.14. The summed E-state index contributed by atoms with van der Waals surface area (Å²) < 4.78 is 0. The minimum atomic E-state index is -0.157. The molecule has 0 aliphatic rings. The molecule has 0 saturated carbocycles. The van der Waals surface area contributed by atoms with Crippen molar-refractivity contribution in [3.05, 3.63) is 22.7 Å². The molecule has 1 amide bonds. The van der Waals surface area contributed by atoms with Gasteiger partial charge in [-0.3, -0.25) is 15.5 Å². The van der Waals surface area contributed by atoms with Crippen molar-refractivity contribution < 1.29 is 10.0 Å². The molecule has 0 heterocycles. The number of nitrogens with one attached hydrogen (secondary N) is 2. The molecular formula is C7H12N2O2S. The van der Waals surface area contributed by atoms with E-state index in [0.29, 0.717) is 10.7 Å². The summed E-state index contributed by atoms with van der Waals surface area (Å²) in [5.74, 6) is -0.157. The molecule has 5 heteroatoms. The zero-order chi connectivity index (χ0) is 9.56. The first kappa shape index (κ1) is 11.1. The summed E-state index contributed by atoms with van der Waals surface area (Å²) in [6.07, 6.45) is 0. The van der Waals surface area contributed by atoms with E-state index in [-0.39, 0.29) is 5.91 Å². The van der Waals surface area contributed by atoms with Crippen LogP contribution < -0.4 is 10.8 Å². The van der Waals surface area contributed by atoms with Gasteiger partial charge in [-0.2, -0.15) is 0 Å². The molecule has 68 valence electrons. The Hall–Kier alpha value is -0.940. The number of rotatable bonds is 4. The summed E-state index contributed by atoms with van der Waals surface area (Å²) in [7, 11) is 0. The summed E-state index contributed by atoms with van der Waals surface area (Å²) in [5.41, 5.74) is 2.55. The molecule has 0 fully saturated rings. The van der Waals surface area contributed by atoms with Crippen LogP contribution in [0.4, 0.5) is 0 Å². The lowest BCUT2D eigenvalue weighted by Crippen LogP contribution is -2.16. The van der Waals surface area contributed by atoms with Gasteiger partial charge in [-0.25, -0.2) is 0 Å². The van der Waals surface area contributed by atoms with Crippen molar-refractivity contribution in [3.63, 3.8) is 0 Å². The Balaban J connectivity index is 3.78. The van der Waals surface area contributed by atoms with E-state index in [4.69, 9.17) is 5.21 Å². The van der Waals surface area contributed by atoms with E-state index in [1.807, 2.05) is 5.48 Å². The van der Waals surface area contributed by atoms with Crippen LogP contribution in [0, 0.1) is 0 Å². The van der Waals surface area contributed by atoms with Crippen LogP contribution in [0.2, 0.25) is 0 Å². The largest absolute Gasteiger partial charge is 0.321 e. The summed E-state index contributed by atoms with van der Waals surface area (Å²) >= 11 is 1.23. The molecule has 0 radical (unpaired) electrons. The van der Waals surface area contributed by atoms with E-state index in [0.717, 1.165) is 0 Å². The molecule has 0 unspecified atom stereocenters. The molecule has 0 aromatic carbocycles. The predicted molar refractivity (Wildman–Crippen MR) is 49.2 cm³/mol. The third-order valence-corrected chi connectivity index (χ3v) is 1.73. The molecule has 0 aromatic heterocycles. The molecule has 0 spiro atoms. The Morgan fingerprint density at radius 1 is 1.58 bits per heavy atom. The van der Waals surface area contributed by atoms with Gasteiger partial charge in [-0.15, -0.1) is 0 Å². The molecule has 0 bridgehead atoms. The van der Waals surface area contributed by atoms with Gasteiger partial charge in [0.15, 0.2) is 0 Å². The third kappa shape index (κ3) is 5.82. The Morgan fingerprint density at radius 2 is 2.17 bits per heavy atom. The summed E-state index contributed by atoms with van der Waals surface area (Å²) in [4.78, 5) is 10.5. The number of hydrogen-bond donors (Lipinski definition) is 3. The Bertz CT molecular complexity index is 213. The zero-order valence-electron chi connectivity index (χ0n) is 7.05. The van der Waals surface area contributed by atoms with Crippen LogP contribution in [0.15, 0.2) is 22.7 Å². The van der Waals surface area contributed by atoms with Crippen LogP contribution >= 0.6 is 11.8 Å². The van der Waals surface area contributed by atoms with Crippen molar-refractivity contribution >= 4 is 17.7 Å². The molecule has 0 rings (SSSR count). The second-order valence-electron chi connectivity index (χ2n) is 2.13. The number of allylic oxidation sites excluding steroid dienone is 1. The third-order valence-electron chi connectivity index (χ3n) is 0.870. The maximum absolute atomic E-state index is 10.5. The highest BCUT2D eigenvalue weighted by molar-refractivity contribution is 8.05. The molecule has 4 nitrogen and oxygen atoms in total. The van der Waals surface area contributed by atoms with E-state index in [1.54, 1.807) is 12.3 Å². The molecule has 0 aliphatic heterocycles. The van der Waals surface area contributed by atoms with Gasteiger partial charge in [0.1, 0.15) is 0 Å². The lowest BCUT2D eigenvalue weighted by atomic mass is 10.6. The van der Waals surface area contributed by atoms with Crippen molar-refractivity contribution in [1.29, 1.82) is 0 Å². The van der Waals surface area contributed by atoms with Crippen molar-refractivity contribution in [2.75, 3.05) is 0 Å². The highest BCUT2D eigenvalue weighted by atomic mass is 32.2. The maximum atomic E-state index is 10.5. The van der Waals surface area contributed by atoms with Crippen LogP contribution in [0.5, 0.6) is 0 Å². The molecule has 0 aromatic rings. The molecule has 3 N–H and O–H groups in total. The average molecular weight is 188 g/mol. The van der Waals surface area contributed by atoms with E-state index in [1.165, 1.54) is 18.7 Å². The quantitative estimate of drug-likeness (QED) is 0.579. The first-order chi connectivity index (χ1) is 5.56. The second kappa shape index (κ2) is 5.68. The fraction of sp³-hybridized carbons (Fsp3) is 0.286. The monoisotopic (exact) mass is 188 g/mol. The van der Waals surface area contributed by atoms with Crippen molar-refractivity contribution in [3.8, 4) is 0 Å². The standard InChI is InChI=1S/C7H12N2O2S/c1-5(9-11)4-12-7(3)8-6(2)10/h4,9,11H,3H2,1-2H3,(H,8,10)/b5-4-. The zero-order valence-corrected chi connectivity index (χ0v) is 7.86. The van der Waals surface area contributed by atoms with E-state index >= 15 is 0 Å². The van der Waals surface area contributed by atoms with Gasteiger partial charge in [-0.05, 0) is 12.3 Å². The van der Waals surface area contributed by atoms with Gasteiger partial charge in [-0.1, -0.05) is 18.3 Å². The lowest BCUT2D eigenvalue weighted by Gasteiger charge is -2.02. The predicted octanol–water partition coefficient (Wildman–Crippen LogP) is 1.17. The summed E-state index contributed by atoms with van der Waals surface area (Å²) in [6, 6.07) is 0. The van der Waals surface area contributed by atoms with Crippen LogP contribution in [0.3, 0.4) is 0 Å². The highest BCUT2D eigenvalue weighted by Crippen LogP contribution is 2.12. The number of amides is 1. The summed E-state index contributed by atoms with van der Waals surface area (Å²) in [5, 5.41) is 13.0. The SMILES string of the molecule is C=C(NC(C)=O)S/C=C(/C)NO. The molecule has 0 saturated heterocycles. The van der Waals surface area contributed by atoms with Gasteiger partial charge in [0.25, 0.3) is 0 Å². The molecule has 0 atom stereocenters. The van der Waals surface area contributed by atoms with Crippen molar-refractivity contribution in [1.82, 2.24) is 10.8 Å². The molecule has 0 aliphatic carbocycles. The first-order valence-electron chi connectivity index (χ1n) is 3.26. The van der Waals surface area contributed by atoms with Gasteiger partial charge < -0.3 is 5.32 Å². The number of carbonyl (C=O) groups excluding carboxylic acids is 1. The molecule has 12 heavy (non-hydrogen) atoms. The van der Waals surface area contributed by atoms with Crippen LogP contribution in [0.25, 0.3) is 0 Å². The fourth-order valence-electron chi connectivity index (χ4n) is 0.412. The Labute approximate surface area is 75.7 Å². The number of hydroxylamine groups is 1. The fourth-order valence-corrected chi connectivity index (χ4v) is 0.986. The topological polar surface area (TPSA) is 61.4 Å². The average Bonchev–Trinajstić information content (AvgIpc) is 1.99. The van der Waals surface area contributed by atoms with Crippen molar-refractivity contribution in [2.45, 2.75) is 13.8 Å². The van der Waals surface area contributed by atoms with Crippen LogP contribution in [-0.2, 0) is 4.79 Å². The van der Waals surface area contributed by atoms with E-state index < -0.39 is 0 Å². The number of carbonyl (C=O) groups is 1. The minimum Gasteiger partial charge on any atom is -0.321 e. The summed E-state index contributed by atoms with van der Waals surface area (Å²) in [6.45, 7) is 6.68. The minimum absolute atomic E-state index is 0.157. The second-order valence-corrected chi connectivity index (χ2v) is 3.10. The number of hydrogen-bond acceptors (Lipinski definition) is 4. The van der Waals surface area contributed by atoms with Gasteiger partial charge >= 0.3 is 0 Å². The highest BCUT2D eigenvalue weighted by Gasteiger charge is 1.94. The van der Waals surface area contributed by atoms with Gasteiger partial charge in [0, 0.05) is 12.6 Å². The van der Waals surface area contributed by atoms with E-state index in [2.05, 4.69) is 11.9 Å². The Morgan fingerprint density at radius 3 is 2.58 bits per heavy atom. The maximum Gasteiger partial charge on any atom is 0.221 e. The van der Waals surface area contributed by atoms with Crippen molar-refractivity contribution in [2.24, 2.45) is 0 Å².